The Bertz CT molecular complexity index is 3410. The van der Waals surface area contributed by atoms with Crippen LogP contribution in [-0.4, -0.2) is 9.97 Å². The highest BCUT2D eigenvalue weighted by atomic mass is 14.8. The first-order valence-corrected chi connectivity index (χ1v) is 17.9. The molecule has 2 heterocycles. The minimum absolute atomic E-state index is 0.939. The number of pyridine rings is 2. The number of hydrogen-bond donors (Lipinski definition) is 0. The normalized spacial score (nSPS) is 12.2. The number of benzene rings is 10. The molecule has 0 amide bonds. The molecule has 0 unspecified atom stereocenters. The van der Waals surface area contributed by atoms with E-state index < -0.39 is 0 Å². The molecule has 2 aromatic heterocycles. The van der Waals surface area contributed by atoms with Crippen LogP contribution in [0.5, 0.6) is 0 Å². The fourth-order valence-corrected chi connectivity index (χ4v) is 9.14. The van der Waals surface area contributed by atoms with E-state index in [-0.39, 0.29) is 0 Å². The third-order valence-corrected chi connectivity index (χ3v) is 11.4. The van der Waals surface area contributed by atoms with Gasteiger partial charge < -0.3 is 0 Å². The highest BCUT2D eigenvalue weighted by molar-refractivity contribution is 6.35. The summed E-state index contributed by atoms with van der Waals surface area (Å²) in [6.07, 6.45) is 1.85. The minimum atomic E-state index is 0.939. The first-order chi connectivity index (χ1) is 25.8. The Morgan fingerprint density at radius 3 is 1.50 bits per heavy atom. The molecule has 238 valence electrons. The maximum Gasteiger partial charge on any atom is 0.0972 e. The second-order valence-electron chi connectivity index (χ2n) is 14.0. The molecule has 0 bridgehead atoms. The van der Waals surface area contributed by atoms with Gasteiger partial charge in [0, 0.05) is 22.5 Å². The lowest BCUT2D eigenvalue weighted by molar-refractivity contribution is 1.37. The third kappa shape index (κ3) is 3.73. The molecule has 2 heteroatoms. The van der Waals surface area contributed by atoms with Gasteiger partial charge in [0.2, 0.25) is 0 Å². The summed E-state index contributed by atoms with van der Waals surface area (Å²) in [5.41, 5.74) is 6.47. The van der Waals surface area contributed by atoms with Crippen LogP contribution < -0.4 is 0 Å². The Morgan fingerprint density at radius 1 is 0.308 bits per heavy atom. The second-order valence-corrected chi connectivity index (χ2v) is 14.0. The van der Waals surface area contributed by atoms with Crippen molar-refractivity contribution < 1.29 is 0 Å². The van der Waals surface area contributed by atoms with Crippen molar-refractivity contribution in [1.82, 2.24) is 9.97 Å². The fourth-order valence-electron chi connectivity index (χ4n) is 9.14. The van der Waals surface area contributed by atoms with Crippen molar-refractivity contribution in [2.45, 2.75) is 0 Å². The molecule has 0 aliphatic carbocycles. The molecule has 0 radical (unpaired) electrons. The number of fused-ring (bicyclic) bond motifs is 11. The van der Waals surface area contributed by atoms with E-state index in [0.717, 1.165) is 33.1 Å². The van der Waals surface area contributed by atoms with Gasteiger partial charge in [0.25, 0.3) is 0 Å². The highest BCUT2D eigenvalue weighted by Gasteiger charge is 2.19. The number of aromatic nitrogens is 2. The molecular formula is C50H28N2. The van der Waals surface area contributed by atoms with Crippen LogP contribution in [0.4, 0.5) is 0 Å². The summed E-state index contributed by atoms with van der Waals surface area (Å²) in [7, 11) is 0. The minimum Gasteiger partial charge on any atom is -0.254 e. The molecule has 0 fully saturated rings. The topological polar surface area (TPSA) is 25.8 Å². The monoisotopic (exact) mass is 656 g/mol. The number of rotatable bonds is 2. The number of nitrogens with zero attached hydrogens (tertiary/aromatic N) is 2. The van der Waals surface area contributed by atoms with Crippen LogP contribution in [0, 0.1) is 0 Å². The first kappa shape index (κ1) is 27.9. The van der Waals surface area contributed by atoms with Gasteiger partial charge in [-0.05, 0) is 105 Å². The molecule has 0 saturated heterocycles. The summed E-state index contributed by atoms with van der Waals surface area (Å²) in [4.78, 5) is 9.96. The van der Waals surface area contributed by atoms with Crippen molar-refractivity contribution in [3.63, 3.8) is 0 Å². The van der Waals surface area contributed by atoms with E-state index in [4.69, 9.17) is 9.97 Å². The van der Waals surface area contributed by atoms with Gasteiger partial charge in [-0.15, -0.1) is 0 Å². The SMILES string of the molecule is c1cnc2c(c1)ccc1ccc(-c3ccc4c5ccc(-c6ccc7c8ccccc8c8ccccc8c7c6)c6cccc(c7cccc3c74)c65)nc12. The quantitative estimate of drug-likeness (QED) is 0.137. The molecule has 2 nitrogen and oxygen atoms in total. The largest absolute Gasteiger partial charge is 0.254 e. The van der Waals surface area contributed by atoms with Crippen LogP contribution in [0.15, 0.2) is 170 Å². The Balaban J connectivity index is 1.10. The van der Waals surface area contributed by atoms with Gasteiger partial charge in [-0.25, -0.2) is 4.98 Å². The second kappa shape index (κ2) is 10.3. The fraction of sp³-hybridized carbons (Fsp3) is 0. The summed E-state index contributed by atoms with van der Waals surface area (Å²) < 4.78 is 0. The van der Waals surface area contributed by atoms with Crippen LogP contribution in [0.2, 0.25) is 0 Å². The van der Waals surface area contributed by atoms with Gasteiger partial charge in [0.05, 0.1) is 16.7 Å². The summed E-state index contributed by atoms with van der Waals surface area (Å²) in [5.74, 6) is 0. The van der Waals surface area contributed by atoms with Crippen molar-refractivity contribution in [1.29, 1.82) is 0 Å². The zero-order valence-corrected chi connectivity index (χ0v) is 28.1. The van der Waals surface area contributed by atoms with Crippen LogP contribution in [-0.2, 0) is 0 Å². The third-order valence-electron chi connectivity index (χ3n) is 11.4. The van der Waals surface area contributed by atoms with Crippen molar-refractivity contribution >= 4 is 97.2 Å². The van der Waals surface area contributed by atoms with Gasteiger partial charge in [0.15, 0.2) is 0 Å². The maximum absolute atomic E-state index is 5.25. The standard InChI is InChI=1S/C50H28N2/c1-2-11-35-33(9-1)34-10-3-4-12-36(34)45-28-31(19-21-37(35)45)32-22-24-43-44-25-23-38(40-14-6-16-42(48(40)44)41-15-5-13-39(32)47(41)43)46-26-20-30-18-17-29-8-7-27-51-49(29)50(30)52-46/h1-28H. The average molecular weight is 657 g/mol. The molecule has 12 rings (SSSR count). The zero-order chi connectivity index (χ0) is 33.9. The molecule has 0 spiro atoms. The van der Waals surface area contributed by atoms with Crippen LogP contribution in [0.25, 0.3) is 120 Å². The van der Waals surface area contributed by atoms with E-state index in [1.807, 2.05) is 12.3 Å². The Morgan fingerprint density at radius 2 is 0.808 bits per heavy atom. The summed E-state index contributed by atoms with van der Waals surface area (Å²) in [6, 6.07) is 60.2. The van der Waals surface area contributed by atoms with Crippen LogP contribution in [0.1, 0.15) is 0 Å². The summed E-state index contributed by atoms with van der Waals surface area (Å²) in [5, 5.41) is 20.2. The van der Waals surface area contributed by atoms with E-state index in [1.54, 1.807) is 0 Å². The molecule has 0 atom stereocenters. The molecule has 10 aromatic carbocycles. The molecule has 0 saturated carbocycles. The highest BCUT2D eigenvalue weighted by Crippen LogP contribution is 2.46. The van der Waals surface area contributed by atoms with Crippen LogP contribution in [0.3, 0.4) is 0 Å². The Hall–Kier alpha value is -6.90. The maximum atomic E-state index is 5.25. The summed E-state index contributed by atoms with van der Waals surface area (Å²) >= 11 is 0. The molecule has 12 aromatic rings. The Kier molecular flexibility index (Phi) is 5.53. The average Bonchev–Trinajstić information content (AvgIpc) is 3.22. The van der Waals surface area contributed by atoms with Gasteiger partial charge in [-0.3, -0.25) is 4.98 Å². The van der Waals surface area contributed by atoms with E-state index in [9.17, 15) is 0 Å². The lowest BCUT2D eigenvalue weighted by atomic mass is 9.85. The van der Waals surface area contributed by atoms with Crippen LogP contribution >= 0.6 is 0 Å². The predicted octanol–water partition coefficient (Wildman–Crippen LogP) is 13.6. The van der Waals surface area contributed by atoms with E-state index in [1.165, 1.54) is 86.5 Å². The van der Waals surface area contributed by atoms with E-state index in [2.05, 4.69) is 158 Å². The van der Waals surface area contributed by atoms with Crippen molar-refractivity contribution in [2.24, 2.45) is 0 Å². The Labute approximate surface area is 298 Å². The molecule has 0 aliphatic rings. The molecular weight excluding hydrogens is 629 g/mol. The smallest absolute Gasteiger partial charge is 0.0972 e. The molecule has 52 heavy (non-hydrogen) atoms. The van der Waals surface area contributed by atoms with Gasteiger partial charge in [0.1, 0.15) is 0 Å². The van der Waals surface area contributed by atoms with Crippen molar-refractivity contribution in [3.05, 3.63) is 170 Å². The predicted molar refractivity (Wildman–Crippen MR) is 222 cm³/mol. The summed E-state index contributed by atoms with van der Waals surface area (Å²) in [6.45, 7) is 0. The van der Waals surface area contributed by atoms with Crippen molar-refractivity contribution in [3.8, 4) is 22.4 Å². The van der Waals surface area contributed by atoms with Gasteiger partial charge >= 0.3 is 0 Å². The van der Waals surface area contributed by atoms with E-state index >= 15 is 0 Å². The number of hydrogen-bond acceptors (Lipinski definition) is 2. The van der Waals surface area contributed by atoms with Gasteiger partial charge in [-0.1, -0.05) is 146 Å². The van der Waals surface area contributed by atoms with E-state index in [0.29, 0.717) is 0 Å². The lowest BCUT2D eigenvalue weighted by Crippen LogP contribution is -1.92. The zero-order valence-electron chi connectivity index (χ0n) is 28.1. The van der Waals surface area contributed by atoms with Crippen molar-refractivity contribution in [2.75, 3.05) is 0 Å². The molecule has 0 N–H and O–H groups in total. The van der Waals surface area contributed by atoms with Gasteiger partial charge in [-0.2, -0.15) is 0 Å². The lowest BCUT2D eigenvalue weighted by Gasteiger charge is -2.18. The molecule has 0 aliphatic heterocycles. The first-order valence-electron chi connectivity index (χ1n) is 17.9.